The van der Waals surface area contributed by atoms with Crippen LogP contribution in [0, 0.1) is 47.3 Å². The summed E-state index contributed by atoms with van der Waals surface area (Å²) < 4.78 is 0. The summed E-state index contributed by atoms with van der Waals surface area (Å²) in [5, 5.41) is 0. The molecular weight excluding hydrogens is 430 g/mol. The van der Waals surface area contributed by atoms with Gasteiger partial charge in [-0.05, 0) is 67.8 Å². The van der Waals surface area contributed by atoms with Gasteiger partial charge in [-0.1, -0.05) is 30.3 Å². The number of carbonyl (C=O) groups excluding carboxylic acids is 4. The summed E-state index contributed by atoms with van der Waals surface area (Å²) in [6, 6.07) is 9.85. The zero-order valence-electron chi connectivity index (χ0n) is 19.3. The molecule has 0 aromatic heterocycles. The van der Waals surface area contributed by atoms with Crippen molar-refractivity contribution in [1.29, 1.82) is 0 Å². The third kappa shape index (κ3) is 2.85. The highest BCUT2D eigenvalue weighted by atomic mass is 16.2. The highest BCUT2D eigenvalue weighted by molar-refractivity contribution is 6.07. The van der Waals surface area contributed by atoms with Gasteiger partial charge in [-0.15, -0.1) is 0 Å². The van der Waals surface area contributed by atoms with Crippen molar-refractivity contribution in [1.82, 2.24) is 14.7 Å². The van der Waals surface area contributed by atoms with E-state index in [2.05, 4.69) is 0 Å². The molecule has 7 heteroatoms. The smallest absolute Gasteiger partial charge is 0.234 e. The summed E-state index contributed by atoms with van der Waals surface area (Å²) in [7, 11) is 0. The number of hydrogen-bond donors (Lipinski definition) is 0. The van der Waals surface area contributed by atoms with Crippen molar-refractivity contribution in [2.75, 3.05) is 13.3 Å². The Bertz CT molecular complexity index is 953. The lowest BCUT2D eigenvalue weighted by Crippen LogP contribution is -2.48. The molecule has 0 unspecified atom stereocenters. The summed E-state index contributed by atoms with van der Waals surface area (Å²) in [5.74, 6) is 0.555. The van der Waals surface area contributed by atoms with Crippen LogP contribution in [0.15, 0.2) is 30.3 Å². The Morgan fingerprint density at radius 1 is 0.618 bits per heavy atom. The summed E-state index contributed by atoms with van der Waals surface area (Å²) in [5.41, 5.74) is 1.03. The van der Waals surface area contributed by atoms with Crippen molar-refractivity contribution in [3.63, 3.8) is 0 Å². The molecule has 6 aliphatic rings. The zero-order chi connectivity index (χ0) is 23.1. The van der Waals surface area contributed by atoms with Crippen molar-refractivity contribution in [2.45, 2.75) is 45.1 Å². The second-order valence-electron chi connectivity index (χ2n) is 11.6. The molecule has 2 saturated heterocycles. The molecular formula is C27H31N3O4. The van der Waals surface area contributed by atoms with Gasteiger partial charge in [0.1, 0.15) is 0 Å². The number of amides is 4. The van der Waals surface area contributed by atoms with Gasteiger partial charge in [0.25, 0.3) is 0 Å². The minimum Gasteiger partial charge on any atom is -0.274 e. The van der Waals surface area contributed by atoms with Crippen LogP contribution in [0.25, 0.3) is 0 Å². The maximum atomic E-state index is 13.3. The largest absolute Gasteiger partial charge is 0.274 e. The Morgan fingerprint density at radius 3 is 1.38 bits per heavy atom. The van der Waals surface area contributed by atoms with Gasteiger partial charge < -0.3 is 0 Å². The van der Waals surface area contributed by atoms with E-state index in [4.69, 9.17) is 0 Å². The highest BCUT2D eigenvalue weighted by Crippen LogP contribution is 2.57. The number of imide groups is 2. The second kappa shape index (κ2) is 7.48. The van der Waals surface area contributed by atoms with Crippen molar-refractivity contribution in [3.8, 4) is 0 Å². The van der Waals surface area contributed by atoms with Crippen LogP contribution in [0.5, 0.6) is 0 Å². The van der Waals surface area contributed by atoms with E-state index in [0.29, 0.717) is 30.2 Å². The summed E-state index contributed by atoms with van der Waals surface area (Å²) >= 11 is 0. The van der Waals surface area contributed by atoms with E-state index < -0.39 is 0 Å². The highest BCUT2D eigenvalue weighted by Gasteiger charge is 2.62. The molecule has 1 aromatic carbocycles. The minimum atomic E-state index is -0.158. The first-order valence-corrected chi connectivity index (χ1v) is 13.0. The molecule has 2 aliphatic heterocycles. The van der Waals surface area contributed by atoms with E-state index in [1.165, 1.54) is 9.80 Å². The first-order chi connectivity index (χ1) is 16.5. The summed E-state index contributed by atoms with van der Waals surface area (Å²) in [6.07, 6.45) is 6.22. The standard InChI is InChI=1S/C27H31N3O4/c31-24-20-16-6-7-17(10-16)21(20)25(32)29(24)13-28(12-15-4-2-1-3-5-15)14-30-26(33)22-18-8-9-19(11-18)23(22)27(30)34/h1-5,16-23H,6-14H2/t16-,17+,18-,19+,20-,21+,22-,23+. The van der Waals surface area contributed by atoms with Crippen LogP contribution in [0.2, 0.25) is 0 Å². The molecule has 0 spiro atoms. The maximum absolute atomic E-state index is 13.3. The van der Waals surface area contributed by atoms with Gasteiger partial charge in [-0.2, -0.15) is 0 Å². The molecule has 178 valence electrons. The number of benzene rings is 1. The fraction of sp³-hybridized carbons (Fsp3) is 0.630. The van der Waals surface area contributed by atoms with E-state index in [0.717, 1.165) is 44.1 Å². The fourth-order valence-electron chi connectivity index (χ4n) is 8.61. The topological polar surface area (TPSA) is 78.0 Å². The van der Waals surface area contributed by atoms with Crippen LogP contribution >= 0.6 is 0 Å². The normalized spacial score (nSPS) is 39.8. The molecule has 6 fully saturated rings. The van der Waals surface area contributed by atoms with Gasteiger partial charge in [-0.25, -0.2) is 0 Å². The lowest BCUT2D eigenvalue weighted by atomic mass is 9.81. The van der Waals surface area contributed by atoms with Gasteiger partial charge in [-0.3, -0.25) is 33.9 Å². The molecule has 4 aliphatic carbocycles. The number of carbonyl (C=O) groups is 4. The van der Waals surface area contributed by atoms with Crippen molar-refractivity contribution >= 4 is 23.6 Å². The predicted octanol–water partition coefficient (Wildman–Crippen LogP) is 2.47. The van der Waals surface area contributed by atoms with Gasteiger partial charge in [0.15, 0.2) is 0 Å². The van der Waals surface area contributed by atoms with E-state index >= 15 is 0 Å². The van der Waals surface area contributed by atoms with Crippen molar-refractivity contribution < 1.29 is 19.2 Å². The monoisotopic (exact) mass is 461 g/mol. The molecule has 0 N–H and O–H groups in total. The lowest BCUT2D eigenvalue weighted by Gasteiger charge is -2.31. The first-order valence-electron chi connectivity index (χ1n) is 13.0. The SMILES string of the molecule is O=C1[C@@H]2[C@@H]3CC[C@@H](C3)[C@@H]2C(=O)N1CN(Cc1ccccc1)CN1C(=O)[C@@H]2[C@@H]3CC[C@@H](C3)[C@@H]2C1=O. The van der Waals surface area contributed by atoms with E-state index in [1.54, 1.807) is 0 Å². The average Bonchev–Trinajstić information content (AvgIpc) is 3.68. The molecule has 4 bridgehead atoms. The van der Waals surface area contributed by atoms with Crippen LogP contribution in [0.4, 0.5) is 0 Å². The van der Waals surface area contributed by atoms with Crippen molar-refractivity contribution in [2.24, 2.45) is 47.3 Å². The second-order valence-corrected chi connectivity index (χ2v) is 11.6. The van der Waals surface area contributed by atoms with Gasteiger partial charge in [0.2, 0.25) is 23.6 Å². The maximum Gasteiger partial charge on any atom is 0.234 e. The Kier molecular flexibility index (Phi) is 4.57. The van der Waals surface area contributed by atoms with Gasteiger partial charge >= 0.3 is 0 Å². The fourth-order valence-corrected chi connectivity index (χ4v) is 8.61. The third-order valence-electron chi connectivity index (χ3n) is 9.97. The Balaban J connectivity index is 1.14. The Hall–Kier alpha value is -2.54. The molecule has 2 heterocycles. The third-order valence-corrected chi connectivity index (χ3v) is 9.97. The molecule has 7 rings (SSSR count). The minimum absolute atomic E-state index is 0.0470. The van der Waals surface area contributed by atoms with Crippen LogP contribution in [-0.4, -0.2) is 51.7 Å². The number of fused-ring (bicyclic) bond motifs is 10. The van der Waals surface area contributed by atoms with Gasteiger partial charge in [0.05, 0.1) is 37.0 Å². The predicted molar refractivity (Wildman–Crippen MR) is 121 cm³/mol. The van der Waals surface area contributed by atoms with Crippen LogP contribution in [-0.2, 0) is 25.7 Å². The Labute approximate surface area is 199 Å². The summed E-state index contributed by atoms with van der Waals surface area (Å²) in [4.78, 5) is 58.1. The quantitative estimate of drug-likeness (QED) is 0.609. The molecule has 4 amide bonds. The van der Waals surface area contributed by atoms with E-state index in [1.807, 2.05) is 35.2 Å². The lowest BCUT2D eigenvalue weighted by molar-refractivity contribution is -0.146. The van der Waals surface area contributed by atoms with E-state index in [-0.39, 0.29) is 60.6 Å². The molecule has 1 aromatic rings. The van der Waals surface area contributed by atoms with Crippen LogP contribution < -0.4 is 0 Å². The molecule has 4 saturated carbocycles. The van der Waals surface area contributed by atoms with E-state index in [9.17, 15) is 19.2 Å². The molecule has 0 radical (unpaired) electrons. The van der Waals surface area contributed by atoms with Crippen LogP contribution in [0.1, 0.15) is 44.1 Å². The molecule has 34 heavy (non-hydrogen) atoms. The number of nitrogens with zero attached hydrogens (tertiary/aromatic N) is 3. The molecule has 8 atom stereocenters. The average molecular weight is 462 g/mol. The zero-order valence-corrected chi connectivity index (χ0v) is 19.3. The van der Waals surface area contributed by atoms with Crippen molar-refractivity contribution in [3.05, 3.63) is 35.9 Å². The number of likely N-dealkylation sites (tertiary alicyclic amines) is 2. The first kappa shape index (κ1) is 20.8. The van der Waals surface area contributed by atoms with Crippen LogP contribution in [0.3, 0.4) is 0 Å². The molecule has 7 nitrogen and oxygen atoms in total. The van der Waals surface area contributed by atoms with Gasteiger partial charge in [0, 0.05) is 6.54 Å². The summed E-state index contributed by atoms with van der Waals surface area (Å²) in [6.45, 7) is 0.746. The number of hydrogen-bond acceptors (Lipinski definition) is 5. The number of rotatable bonds is 6. The Morgan fingerprint density at radius 2 is 1.00 bits per heavy atom.